The predicted molar refractivity (Wildman–Crippen MR) is 116 cm³/mol. The van der Waals surface area contributed by atoms with E-state index in [0.717, 1.165) is 13.3 Å². The molecule has 8 nitrogen and oxygen atoms in total. The molecule has 13 heteroatoms. The summed E-state index contributed by atoms with van der Waals surface area (Å²) in [5, 5.41) is 2.61. The summed E-state index contributed by atoms with van der Waals surface area (Å²) < 4.78 is 91.8. The van der Waals surface area contributed by atoms with Crippen LogP contribution in [0.4, 0.5) is 22.0 Å². The van der Waals surface area contributed by atoms with E-state index in [1.54, 1.807) is 0 Å². The lowest BCUT2D eigenvalue weighted by Gasteiger charge is -2.29. The minimum atomic E-state index is -2.38. The van der Waals surface area contributed by atoms with Gasteiger partial charge in [-0.05, 0) is 26.3 Å². The zero-order chi connectivity index (χ0) is 26.8. The maximum Gasteiger partial charge on any atom is 0.336 e. The van der Waals surface area contributed by atoms with E-state index in [2.05, 4.69) is 10.1 Å². The van der Waals surface area contributed by atoms with E-state index >= 15 is 0 Å². The molecule has 0 aliphatic carbocycles. The molecule has 36 heavy (non-hydrogen) atoms. The second-order valence-corrected chi connectivity index (χ2v) is 7.43. The second kappa shape index (κ2) is 13.9. The highest BCUT2D eigenvalue weighted by Gasteiger charge is 2.42. The highest BCUT2D eigenvalue weighted by atomic mass is 19.2. The number of carbonyl (C=O) groups excluding carboxylic acids is 2. The lowest BCUT2D eigenvalue weighted by Crippen LogP contribution is -2.33. The van der Waals surface area contributed by atoms with Gasteiger partial charge in [0.05, 0.1) is 43.1 Å². The van der Waals surface area contributed by atoms with Gasteiger partial charge < -0.3 is 30.0 Å². The Morgan fingerprint density at radius 3 is 2.08 bits per heavy atom. The Labute approximate surface area is 204 Å². The van der Waals surface area contributed by atoms with Gasteiger partial charge in [-0.3, -0.25) is 0 Å². The van der Waals surface area contributed by atoms with E-state index < -0.39 is 63.7 Å². The fraction of sp³-hybridized carbons (Fsp3) is 0.478. The van der Waals surface area contributed by atoms with Crippen LogP contribution in [-0.2, 0) is 28.5 Å². The Morgan fingerprint density at radius 2 is 1.50 bits per heavy atom. The number of halogens is 5. The fourth-order valence-corrected chi connectivity index (χ4v) is 3.42. The van der Waals surface area contributed by atoms with Crippen LogP contribution in [0.3, 0.4) is 0 Å². The van der Waals surface area contributed by atoms with E-state index in [1.807, 2.05) is 0 Å². The topological polar surface area (TPSA) is 109 Å². The molecule has 2 rings (SSSR count). The van der Waals surface area contributed by atoms with Crippen LogP contribution in [-0.4, -0.2) is 58.6 Å². The molecule has 0 spiro atoms. The quantitative estimate of drug-likeness (QED) is 0.134. The predicted octanol–water partition coefficient (Wildman–Crippen LogP) is 2.72. The number of ether oxygens (including phenoxy) is 4. The monoisotopic (exact) mass is 522 g/mol. The van der Waals surface area contributed by atoms with E-state index in [9.17, 15) is 31.5 Å². The summed E-state index contributed by atoms with van der Waals surface area (Å²) in [6.07, 6.45) is 2.09. The van der Waals surface area contributed by atoms with Crippen molar-refractivity contribution in [3.63, 3.8) is 0 Å². The number of hydrogen-bond acceptors (Lipinski definition) is 8. The van der Waals surface area contributed by atoms with Gasteiger partial charge in [-0.15, -0.1) is 0 Å². The van der Waals surface area contributed by atoms with Crippen molar-refractivity contribution in [3.8, 4) is 0 Å². The molecule has 1 aromatic carbocycles. The molecule has 1 atom stereocenters. The molecule has 0 bridgehead atoms. The van der Waals surface area contributed by atoms with Crippen molar-refractivity contribution in [2.24, 2.45) is 5.73 Å². The Kier molecular flexibility index (Phi) is 11.3. The second-order valence-electron chi connectivity index (χ2n) is 7.43. The molecule has 1 aliphatic rings. The Hall–Kier alpha value is -3.03. The molecule has 200 valence electrons. The number of hydrogen-bond donors (Lipinski definition) is 2. The first-order valence-corrected chi connectivity index (χ1v) is 11.0. The van der Waals surface area contributed by atoms with E-state index in [1.165, 1.54) is 6.92 Å². The number of rotatable bonds is 13. The van der Waals surface area contributed by atoms with Crippen molar-refractivity contribution in [2.45, 2.75) is 25.7 Å². The lowest BCUT2D eigenvalue weighted by molar-refractivity contribution is -0.139. The van der Waals surface area contributed by atoms with Crippen molar-refractivity contribution in [1.82, 2.24) is 5.32 Å². The van der Waals surface area contributed by atoms with Crippen LogP contribution in [0.5, 0.6) is 0 Å². The highest BCUT2D eigenvalue weighted by Crippen LogP contribution is 2.41. The van der Waals surface area contributed by atoms with Gasteiger partial charge in [0.15, 0.2) is 23.3 Å². The Morgan fingerprint density at radius 1 is 0.917 bits per heavy atom. The molecule has 0 aromatic heterocycles. The summed E-state index contributed by atoms with van der Waals surface area (Å²) in [4.78, 5) is 25.2. The number of methoxy groups -OCH3 is 1. The van der Waals surface area contributed by atoms with E-state index in [-0.39, 0.29) is 25.5 Å². The first-order valence-electron chi connectivity index (χ1n) is 11.0. The van der Waals surface area contributed by atoms with Crippen LogP contribution in [0.15, 0.2) is 23.0 Å². The third kappa shape index (κ3) is 6.59. The highest BCUT2D eigenvalue weighted by molar-refractivity contribution is 5.99. The SMILES string of the molecule is CCOC(=O)C1=C(COCCCOCCCN)NC=C(C(=O)OC)[C@H]1c1c(F)c(F)c(F)c(F)c1F. The minimum absolute atomic E-state index is 0.0981. The Balaban J connectivity index is 2.49. The van der Waals surface area contributed by atoms with Crippen LogP contribution < -0.4 is 11.1 Å². The largest absolute Gasteiger partial charge is 0.466 e. The average molecular weight is 522 g/mol. The van der Waals surface area contributed by atoms with Gasteiger partial charge in [0, 0.05) is 31.6 Å². The molecule has 0 saturated carbocycles. The first kappa shape index (κ1) is 29.2. The van der Waals surface area contributed by atoms with Gasteiger partial charge >= 0.3 is 11.9 Å². The number of nitrogens with two attached hydrogens (primary N) is 1. The maximum atomic E-state index is 14.8. The van der Waals surface area contributed by atoms with Crippen molar-refractivity contribution in [3.05, 3.63) is 57.7 Å². The summed E-state index contributed by atoms with van der Waals surface area (Å²) in [5.74, 6) is -15.6. The summed E-state index contributed by atoms with van der Waals surface area (Å²) in [6, 6.07) is 0. The van der Waals surface area contributed by atoms with Gasteiger partial charge in [-0.2, -0.15) is 0 Å². The van der Waals surface area contributed by atoms with Crippen molar-refractivity contribution >= 4 is 11.9 Å². The maximum absolute atomic E-state index is 14.8. The lowest BCUT2D eigenvalue weighted by atomic mass is 9.81. The van der Waals surface area contributed by atoms with Gasteiger partial charge in [-0.1, -0.05) is 0 Å². The molecule has 0 amide bonds. The van der Waals surface area contributed by atoms with Gasteiger partial charge in [0.1, 0.15) is 0 Å². The summed E-state index contributed by atoms with van der Waals surface area (Å²) in [6.45, 7) is 2.38. The molecule has 3 N–H and O–H groups in total. The van der Waals surface area contributed by atoms with Crippen LogP contribution in [0.1, 0.15) is 31.2 Å². The summed E-state index contributed by atoms with van der Waals surface area (Å²) >= 11 is 0. The molecule has 0 unspecified atom stereocenters. The van der Waals surface area contributed by atoms with Gasteiger partial charge in [0.2, 0.25) is 5.82 Å². The first-order chi connectivity index (χ1) is 17.2. The Bertz CT molecular complexity index is 1000. The third-order valence-electron chi connectivity index (χ3n) is 5.09. The minimum Gasteiger partial charge on any atom is -0.466 e. The number of nitrogens with one attached hydrogen (secondary N) is 1. The van der Waals surface area contributed by atoms with Crippen molar-refractivity contribution in [2.75, 3.05) is 46.7 Å². The smallest absolute Gasteiger partial charge is 0.336 e. The molecule has 1 heterocycles. The average Bonchev–Trinajstić information content (AvgIpc) is 2.87. The third-order valence-corrected chi connectivity index (χ3v) is 5.09. The molecule has 0 fully saturated rings. The molecular weight excluding hydrogens is 495 g/mol. The van der Waals surface area contributed by atoms with Gasteiger partial charge in [-0.25, -0.2) is 31.5 Å². The summed E-state index contributed by atoms with van der Waals surface area (Å²) in [7, 11) is 0.945. The van der Waals surface area contributed by atoms with Crippen LogP contribution in [0, 0.1) is 29.1 Å². The zero-order valence-corrected chi connectivity index (χ0v) is 19.7. The number of benzene rings is 1. The zero-order valence-electron chi connectivity index (χ0n) is 19.7. The van der Waals surface area contributed by atoms with Gasteiger partial charge in [0.25, 0.3) is 0 Å². The van der Waals surface area contributed by atoms with Crippen LogP contribution >= 0.6 is 0 Å². The van der Waals surface area contributed by atoms with Crippen LogP contribution in [0.2, 0.25) is 0 Å². The van der Waals surface area contributed by atoms with Crippen LogP contribution in [0.25, 0.3) is 0 Å². The van der Waals surface area contributed by atoms with E-state index in [4.69, 9.17) is 19.9 Å². The molecular formula is C23H27F5N2O6. The van der Waals surface area contributed by atoms with Crippen molar-refractivity contribution in [1.29, 1.82) is 0 Å². The van der Waals surface area contributed by atoms with Crippen molar-refractivity contribution < 1.29 is 50.5 Å². The molecule has 1 aromatic rings. The molecule has 1 aliphatic heterocycles. The molecule has 0 saturated heterocycles. The standard InChI is InChI=1S/C23H27F5N2O6/c1-3-36-23(32)15-13(11-35-9-5-8-34-7-4-6-29)30-10-12(22(31)33-2)14(15)16-17(24)19(26)21(28)20(27)18(16)25/h10,14,30H,3-9,11,29H2,1-2H3/t14-/m1/s1. The fourth-order valence-electron chi connectivity index (χ4n) is 3.42. The molecule has 0 radical (unpaired) electrons. The number of dihydropyridines is 1. The summed E-state index contributed by atoms with van der Waals surface area (Å²) in [5.41, 5.74) is 2.72. The normalized spacial score (nSPS) is 15.4. The number of esters is 2. The number of carbonyl (C=O) groups is 2. The van der Waals surface area contributed by atoms with E-state index in [0.29, 0.717) is 32.6 Å².